The molecule has 0 fully saturated rings. The van der Waals surface area contributed by atoms with Crippen LogP contribution in [0.25, 0.3) is 0 Å². The first-order valence-electron chi connectivity index (χ1n) is 7.49. The van der Waals surface area contributed by atoms with Gasteiger partial charge in [-0.25, -0.2) is 0 Å². The van der Waals surface area contributed by atoms with Crippen LogP contribution in [0.3, 0.4) is 0 Å². The van der Waals surface area contributed by atoms with Gasteiger partial charge in [0.2, 0.25) is 0 Å². The van der Waals surface area contributed by atoms with Crippen molar-refractivity contribution in [3.8, 4) is 11.5 Å². The fourth-order valence-electron chi connectivity index (χ4n) is 2.85. The van der Waals surface area contributed by atoms with E-state index in [4.69, 9.17) is 0 Å². The van der Waals surface area contributed by atoms with Crippen molar-refractivity contribution in [2.24, 2.45) is 14.1 Å². The zero-order chi connectivity index (χ0) is 17.5. The van der Waals surface area contributed by atoms with Crippen LogP contribution in [-0.2, 0) is 14.1 Å². The predicted octanol–water partition coefficient (Wildman–Crippen LogP) is 1.65. The van der Waals surface area contributed by atoms with Gasteiger partial charge in [-0.1, -0.05) is 6.92 Å². The van der Waals surface area contributed by atoms with Gasteiger partial charge in [0.25, 0.3) is 11.1 Å². The van der Waals surface area contributed by atoms with Crippen molar-refractivity contribution in [3.05, 3.63) is 55.4 Å². The molecule has 2 aromatic rings. The van der Waals surface area contributed by atoms with Crippen LogP contribution < -0.4 is 11.1 Å². The maximum atomic E-state index is 12.6. The average Bonchev–Trinajstić information content (AvgIpc) is 2.49. The normalized spacial score (nSPS) is 11.2. The number of aryl methyl sites for hydroxylation is 2. The smallest absolute Gasteiger partial charge is 0.258 e. The SMILES string of the molecule is CCC(c1c(O)cc(C)n(C)c1=O)c1c(O)cc(C)n(C)c1=O. The number of rotatable bonds is 3. The maximum Gasteiger partial charge on any atom is 0.258 e. The Morgan fingerprint density at radius 1 is 0.913 bits per heavy atom. The van der Waals surface area contributed by atoms with Gasteiger partial charge in [-0.15, -0.1) is 0 Å². The third-order valence-corrected chi connectivity index (χ3v) is 4.48. The fourth-order valence-corrected chi connectivity index (χ4v) is 2.85. The second-order valence-electron chi connectivity index (χ2n) is 5.86. The Labute approximate surface area is 134 Å². The Morgan fingerprint density at radius 3 is 1.57 bits per heavy atom. The van der Waals surface area contributed by atoms with E-state index in [1.807, 2.05) is 6.92 Å². The van der Waals surface area contributed by atoms with E-state index in [0.717, 1.165) is 0 Å². The molecule has 6 heteroatoms. The zero-order valence-corrected chi connectivity index (χ0v) is 14.0. The second kappa shape index (κ2) is 5.95. The number of aromatic nitrogens is 2. The van der Waals surface area contributed by atoms with Crippen molar-refractivity contribution >= 4 is 0 Å². The summed E-state index contributed by atoms with van der Waals surface area (Å²) >= 11 is 0. The van der Waals surface area contributed by atoms with Gasteiger partial charge in [0.1, 0.15) is 11.5 Å². The molecule has 0 unspecified atom stereocenters. The summed E-state index contributed by atoms with van der Waals surface area (Å²) in [6.45, 7) is 5.24. The van der Waals surface area contributed by atoms with Gasteiger partial charge in [-0.2, -0.15) is 0 Å². The molecule has 124 valence electrons. The monoisotopic (exact) mass is 318 g/mol. The molecule has 0 radical (unpaired) electrons. The predicted molar refractivity (Wildman–Crippen MR) is 88.3 cm³/mol. The van der Waals surface area contributed by atoms with E-state index >= 15 is 0 Å². The number of hydrogen-bond donors (Lipinski definition) is 2. The summed E-state index contributed by atoms with van der Waals surface area (Å²) in [6, 6.07) is 2.99. The van der Waals surface area contributed by atoms with E-state index < -0.39 is 5.92 Å². The summed E-state index contributed by atoms with van der Waals surface area (Å²) in [6.07, 6.45) is 0.401. The zero-order valence-electron chi connectivity index (χ0n) is 14.0. The van der Waals surface area contributed by atoms with Crippen LogP contribution in [0.15, 0.2) is 21.7 Å². The molecule has 0 spiro atoms. The standard InChI is InChI=1S/C17H22N2O4/c1-6-11(14-12(20)7-9(2)18(4)16(14)22)15-13(21)8-10(3)19(5)17(15)23/h7-8,11,20-21H,6H2,1-5H3. The lowest BCUT2D eigenvalue weighted by molar-refractivity contribution is 0.444. The second-order valence-corrected chi connectivity index (χ2v) is 5.86. The van der Waals surface area contributed by atoms with Crippen molar-refractivity contribution in [2.75, 3.05) is 0 Å². The van der Waals surface area contributed by atoms with E-state index in [1.54, 1.807) is 27.9 Å². The van der Waals surface area contributed by atoms with Crippen LogP contribution in [0.1, 0.15) is 41.8 Å². The molecule has 0 aromatic carbocycles. The van der Waals surface area contributed by atoms with Crippen LogP contribution in [0, 0.1) is 13.8 Å². The molecule has 2 heterocycles. The molecule has 0 saturated carbocycles. The summed E-state index contributed by atoms with van der Waals surface area (Å²) in [4.78, 5) is 25.1. The lowest BCUT2D eigenvalue weighted by atomic mass is 9.89. The van der Waals surface area contributed by atoms with Crippen LogP contribution in [0.4, 0.5) is 0 Å². The number of nitrogens with zero attached hydrogens (tertiary/aromatic N) is 2. The molecule has 2 N–H and O–H groups in total. The van der Waals surface area contributed by atoms with Gasteiger partial charge >= 0.3 is 0 Å². The van der Waals surface area contributed by atoms with E-state index in [2.05, 4.69) is 0 Å². The summed E-state index contributed by atoms with van der Waals surface area (Å²) in [5.74, 6) is -0.979. The summed E-state index contributed by atoms with van der Waals surface area (Å²) in [5.41, 5.74) is 0.778. The topological polar surface area (TPSA) is 84.5 Å². The van der Waals surface area contributed by atoms with Crippen LogP contribution >= 0.6 is 0 Å². The maximum absolute atomic E-state index is 12.6. The molecular weight excluding hydrogens is 296 g/mol. The van der Waals surface area contributed by atoms with Gasteiger partial charge in [-0.05, 0) is 32.4 Å². The minimum absolute atomic E-state index is 0.136. The molecule has 0 atom stereocenters. The highest BCUT2D eigenvalue weighted by Gasteiger charge is 2.27. The van der Waals surface area contributed by atoms with Crippen molar-refractivity contribution < 1.29 is 10.2 Å². The van der Waals surface area contributed by atoms with Crippen LogP contribution in [0.5, 0.6) is 11.5 Å². The van der Waals surface area contributed by atoms with E-state index in [-0.39, 0.29) is 33.7 Å². The summed E-state index contributed by atoms with van der Waals surface area (Å²) < 4.78 is 2.85. The Balaban J connectivity index is 2.83. The minimum atomic E-state index is -0.673. The first-order chi connectivity index (χ1) is 10.7. The van der Waals surface area contributed by atoms with E-state index in [9.17, 15) is 19.8 Å². The first kappa shape index (κ1) is 16.9. The molecule has 0 amide bonds. The minimum Gasteiger partial charge on any atom is -0.507 e. The largest absolute Gasteiger partial charge is 0.507 e. The number of pyridine rings is 2. The Bertz CT molecular complexity index is 806. The first-order valence-corrected chi connectivity index (χ1v) is 7.49. The highest BCUT2D eigenvalue weighted by atomic mass is 16.3. The molecule has 23 heavy (non-hydrogen) atoms. The molecule has 0 aliphatic rings. The van der Waals surface area contributed by atoms with Crippen molar-refractivity contribution in [2.45, 2.75) is 33.1 Å². The third-order valence-electron chi connectivity index (χ3n) is 4.48. The molecule has 6 nitrogen and oxygen atoms in total. The van der Waals surface area contributed by atoms with Crippen LogP contribution in [-0.4, -0.2) is 19.3 Å². The van der Waals surface area contributed by atoms with Gasteiger partial charge < -0.3 is 19.3 Å². The van der Waals surface area contributed by atoms with Crippen molar-refractivity contribution in [1.82, 2.24) is 9.13 Å². The average molecular weight is 318 g/mol. The number of hydrogen-bond acceptors (Lipinski definition) is 4. The molecule has 2 aromatic heterocycles. The number of aromatic hydroxyl groups is 2. The fraction of sp³-hybridized carbons (Fsp3) is 0.412. The third kappa shape index (κ3) is 2.65. The van der Waals surface area contributed by atoms with E-state index in [1.165, 1.54) is 21.3 Å². The van der Waals surface area contributed by atoms with E-state index in [0.29, 0.717) is 17.8 Å². The molecular formula is C17H22N2O4. The van der Waals surface area contributed by atoms with Gasteiger partial charge in [0.15, 0.2) is 0 Å². The Morgan fingerprint density at radius 2 is 1.26 bits per heavy atom. The Kier molecular flexibility index (Phi) is 4.36. The molecule has 0 aliphatic heterocycles. The van der Waals surface area contributed by atoms with Crippen molar-refractivity contribution in [3.63, 3.8) is 0 Å². The Hall–Kier alpha value is -2.50. The van der Waals surface area contributed by atoms with Gasteiger partial charge in [-0.3, -0.25) is 9.59 Å². The lowest BCUT2D eigenvalue weighted by Crippen LogP contribution is -2.30. The molecule has 0 aliphatic carbocycles. The van der Waals surface area contributed by atoms with Crippen LogP contribution in [0.2, 0.25) is 0 Å². The molecule has 0 bridgehead atoms. The van der Waals surface area contributed by atoms with Gasteiger partial charge in [0.05, 0.1) is 11.1 Å². The summed E-state index contributed by atoms with van der Waals surface area (Å²) in [7, 11) is 3.22. The highest BCUT2D eigenvalue weighted by molar-refractivity contribution is 5.45. The quantitative estimate of drug-likeness (QED) is 0.901. The van der Waals surface area contributed by atoms with Gasteiger partial charge in [0, 0.05) is 31.4 Å². The molecule has 0 saturated heterocycles. The lowest BCUT2D eigenvalue weighted by Gasteiger charge is -2.20. The molecule has 2 rings (SSSR count). The van der Waals surface area contributed by atoms with Crippen molar-refractivity contribution in [1.29, 1.82) is 0 Å². The highest BCUT2D eigenvalue weighted by Crippen LogP contribution is 2.34. The summed E-state index contributed by atoms with van der Waals surface area (Å²) in [5, 5.41) is 20.5.